The van der Waals surface area contributed by atoms with Gasteiger partial charge in [0.2, 0.25) is 0 Å². The van der Waals surface area contributed by atoms with Gasteiger partial charge in [0.1, 0.15) is 5.82 Å². The predicted octanol–water partition coefficient (Wildman–Crippen LogP) is 2.36. The maximum absolute atomic E-state index is 12.0. The van der Waals surface area contributed by atoms with Crippen molar-refractivity contribution in [3.8, 4) is 0 Å². The van der Waals surface area contributed by atoms with Crippen LogP contribution in [0.25, 0.3) is 10.9 Å². The van der Waals surface area contributed by atoms with Crippen LogP contribution < -0.4 is 10.9 Å². The summed E-state index contributed by atoms with van der Waals surface area (Å²) in [6, 6.07) is 8.60. The maximum atomic E-state index is 12.0. The smallest absolute Gasteiger partial charge is 0.356 e. The highest BCUT2D eigenvalue weighted by Crippen LogP contribution is 2.28. The number of anilines is 2. The second-order valence-corrected chi connectivity index (χ2v) is 6.90. The lowest BCUT2D eigenvalue weighted by molar-refractivity contribution is 0.0593. The number of nitrogens with one attached hydrogen (secondary N) is 4. The first kappa shape index (κ1) is 17.8. The zero-order valence-electron chi connectivity index (χ0n) is 14.9. The normalized spacial score (nSPS) is 10.9. The summed E-state index contributed by atoms with van der Waals surface area (Å²) in [4.78, 5) is 33.1. The zero-order valence-corrected chi connectivity index (χ0v) is 15.7. The highest BCUT2D eigenvalue weighted by atomic mass is 32.2. The summed E-state index contributed by atoms with van der Waals surface area (Å²) in [7, 11) is 1.29. The van der Waals surface area contributed by atoms with Gasteiger partial charge in [0.15, 0.2) is 16.7 Å². The van der Waals surface area contributed by atoms with E-state index in [-0.39, 0.29) is 11.3 Å². The molecule has 0 spiro atoms. The molecular weight excluding hydrogens is 382 g/mol. The van der Waals surface area contributed by atoms with Gasteiger partial charge in [0.25, 0.3) is 5.56 Å². The highest BCUT2D eigenvalue weighted by molar-refractivity contribution is 7.99. The molecule has 4 N–H and O–H groups in total. The van der Waals surface area contributed by atoms with Crippen molar-refractivity contribution < 1.29 is 9.53 Å². The van der Waals surface area contributed by atoms with Crippen LogP contribution in [0.1, 0.15) is 16.2 Å². The van der Waals surface area contributed by atoms with Crippen LogP contribution in [0.5, 0.6) is 0 Å². The quantitative estimate of drug-likeness (QED) is 0.297. The number of hydrogen-bond donors (Lipinski definition) is 4. The largest absolute Gasteiger partial charge is 0.464 e. The molecule has 0 saturated carbocycles. The third kappa shape index (κ3) is 3.60. The first-order valence-electron chi connectivity index (χ1n) is 8.16. The summed E-state index contributed by atoms with van der Waals surface area (Å²) in [5.41, 5.74) is 1.49. The van der Waals surface area contributed by atoms with Crippen LogP contribution in [0.15, 0.2) is 45.2 Å². The van der Waals surface area contributed by atoms with E-state index in [9.17, 15) is 9.59 Å². The molecule has 0 amide bonds. The van der Waals surface area contributed by atoms with E-state index >= 15 is 0 Å². The lowest BCUT2D eigenvalue weighted by Crippen LogP contribution is -2.08. The predicted molar refractivity (Wildman–Crippen MR) is 103 cm³/mol. The number of benzene rings is 1. The third-order valence-electron chi connectivity index (χ3n) is 3.82. The van der Waals surface area contributed by atoms with Crippen LogP contribution in [-0.2, 0) is 4.74 Å². The highest BCUT2D eigenvalue weighted by Gasteiger charge is 2.14. The van der Waals surface area contributed by atoms with E-state index < -0.39 is 5.97 Å². The maximum Gasteiger partial charge on any atom is 0.356 e. The van der Waals surface area contributed by atoms with E-state index in [2.05, 4.69) is 35.7 Å². The first-order valence-corrected chi connectivity index (χ1v) is 8.98. The van der Waals surface area contributed by atoms with Gasteiger partial charge in [-0.15, -0.1) is 0 Å². The average Bonchev–Trinajstić information content (AvgIpc) is 3.26. The number of aryl methyl sites for hydroxylation is 1. The Morgan fingerprint density at radius 2 is 2.00 bits per heavy atom. The minimum Gasteiger partial charge on any atom is -0.464 e. The zero-order chi connectivity index (χ0) is 19.7. The fraction of sp³-hybridized carbons (Fsp3) is 0.118. The molecule has 0 saturated heterocycles. The molecule has 142 valence electrons. The van der Waals surface area contributed by atoms with Crippen molar-refractivity contribution in [2.24, 2.45) is 0 Å². The molecule has 0 bridgehead atoms. The summed E-state index contributed by atoms with van der Waals surface area (Å²) < 4.78 is 4.78. The molecule has 28 heavy (non-hydrogen) atoms. The SMILES string of the molecule is COC(=O)c1cc(Nc2cc(C)[nH]n2)nc(Sc2ccc3c(=O)[nH][nH]c3c2)n1. The van der Waals surface area contributed by atoms with Crippen molar-refractivity contribution in [3.05, 3.63) is 52.1 Å². The monoisotopic (exact) mass is 397 g/mol. The minimum atomic E-state index is -0.573. The molecule has 11 heteroatoms. The molecule has 1 aromatic carbocycles. The molecule has 0 radical (unpaired) electrons. The Hall–Kier alpha value is -3.60. The van der Waals surface area contributed by atoms with Crippen LogP contribution in [0.2, 0.25) is 0 Å². The Morgan fingerprint density at radius 1 is 1.14 bits per heavy atom. The van der Waals surface area contributed by atoms with Gasteiger partial charge in [0.05, 0.1) is 18.0 Å². The van der Waals surface area contributed by atoms with Gasteiger partial charge in [-0.25, -0.2) is 14.8 Å². The van der Waals surface area contributed by atoms with Crippen LogP contribution in [-0.4, -0.2) is 43.4 Å². The second kappa shape index (κ2) is 7.19. The van der Waals surface area contributed by atoms with Gasteiger partial charge in [-0.3, -0.25) is 20.1 Å². The molecule has 0 aliphatic carbocycles. The summed E-state index contributed by atoms with van der Waals surface area (Å²) in [6.07, 6.45) is 0. The lowest BCUT2D eigenvalue weighted by Gasteiger charge is -2.07. The van der Waals surface area contributed by atoms with Crippen LogP contribution in [0.4, 0.5) is 11.6 Å². The van der Waals surface area contributed by atoms with E-state index in [1.54, 1.807) is 18.2 Å². The van der Waals surface area contributed by atoms with Crippen molar-refractivity contribution in [1.82, 2.24) is 30.4 Å². The molecule has 3 heterocycles. The molecule has 4 aromatic rings. The Balaban J connectivity index is 1.68. The Morgan fingerprint density at radius 3 is 2.75 bits per heavy atom. The number of aromatic amines is 3. The van der Waals surface area contributed by atoms with E-state index in [1.807, 2.05) is 13.0 Å². The fourth-order valence-electron chi connectivity index (χ4n) is 2.54. The fourth-order valence-corrected chi connectivity index (χ4v) is 3.35. The summed E-state index contributed by atoms with van der Waals surface area (Å²) in [6.45, 7) is 1.88. The number of H-pyrrole nitrogens is 3. The number of hydrogen-bond acceptors (Lipinski definition) is 8. The third-order valence-corrected chi connectivity index (χ3v) is 4.67. The van der Waals surface area contributed by atoms with Gasteiger partial charge >= 0.3 is 5.97 Å². The Bertz CT molecular complexity index is 1230. The molecule has 3 aromatic heterocycles. The minimum absolute atomic E-state index is 0.117. The molecule has 0 fully saturated rings. The number of carbonyl (C=O) groups is 1. The summed E-state index contributed by atoms with van der Waals surface area (Å²) in [5, 5.41) is 16.2. The first-order chi connectivity index (χ1) is 13.5. The van der Waals surface area contributed by atoms with Crippen molar-refractivity contribution in [2.45, 2.75) is 17.0 Å². The lowest BCUT2D eigenvalue weighted by atomic mass is 10.2. The van der Waals surface area contributed by atoms with Crippen molar-refractivity contribution >= 4 is 40.3 Å². The number of fused-ring (bicyclic) bond motifs is 1. The number of nitrogens with zero attached hydrogens (tertiary/aromatic N) is 3. The number of methoxy groups -OCH3 is 1. The molecule has 4 rings (SSSR count). The Labute approximate surface area is 162 Å². The van der Waals surface area contributed by atoms with E-state index in [0.717, 1.165) is 10.6 Å². The van der Waals surface area contributed by atoms with Gasteiger partial charge < -0.3 is 10.1 Å². The molecule has 0 atom stereocenters. The van der Waals surface area contributed by atoms with Gasteiger partial charge in [0, 0.05) is 22.7 Å². The number of carbonyl (C=O) groups excluding carboxylic acids is 1. The number of aromatic nitrogens is 6. The van der Waals surface area contributed by atoms with E-state index in [1.165, 1.54) is 24.9 Å². The van der Waals surface area contributed by atoms with Crippen molar-refractivity contribution in [3.63, 3.8) is 0 Å². The second-order valence-electron chi connectivity index (χ2n) is 5.86. The van der Waals surface area contributed by atoms with Crippen molar-refractivity contribution in [1.29, 1.82) is 0 Å². The van der Waals surface area contributed by atoms with Gasteiger partial charge in [-0.2, -0.15) is 5.10 Å². The molecule has 0 unspecified atom stereocenters. The molecule has 0 aliphatic rings. The number of rotatable bonds is 5. The van der Waals surface area contributed by atoms with E-state index in [4.69, 9.17) is 4.74 Å². The molecule has 10 nitrogen and oxygen atoms in total. The van der Waals surface area contributed by atoms with Gasteiger partial charge in [-0.05, 0) is 36.9 Å². The van der Waals surface area contributed by atoms with Crippen molar-refractivity contribution in [2.75, 3.05) is 12.4 Å². The number of esters is 1. The van der Waals surface area contributed by atoms with E-state index in [0.29, 0.717) is 27.7 Å². The summed E-state index contributed by atoms with van der Waals surface area (Å²) in [5.74, 6) is 0.394. The number of ether oxygens (including phenoxy) is 1. The standard InChI is InChI=1S/C17H15N7O3S/c1-8-5-14(23-21-8)19-13-7-12(16(26)27-2)18-17(20-13)28-9-3-4-10-11(6-9)22-24-15(10)25/h3-7H,1-2H3,(H2,22,24,25)(H2,18,19,20,21,23). The summed E-state index contributed by atoms with van der Waals surface area (Å²) >= 11 is 1.25. The van der Waals surface area contributed by atoms with Crippen LogP contribution in [0.3, 0.4) is 0 Å². The van der Waals surface area contributed by atoms with Gasteiger partial charge in [-0.1, -0.05) is 0 Å². The average molecular weight is 397 g/mol. The Kier molecular flexibility index (Phi) is 4.57. The molecular formula is C17H15N7O3S. The molecule has 0 aliphatic heterocycles. The van der Waals surface area contributed by atoms with Crippen LogP contribution >= 0.6 is 11.8 Å². The topological polar surface area (TPSA) is 141 Å². The van der Waals surface area contributed by atoms with Crippen LogP contribution in [0, 0.1) is 6.92 Å².